The quantitative estimate of drug-likeness (QED) is 0.750. The number of aryl methyl sites for hydroxylation is 1. The van der Waals surface area contributed by atoms with Crippen LogP contribution in [-0.4, -0.2) is 22.7 Å². The van der Waals surface area contributed by atoms with E-state index in [1.807, 2.05) is 42.6 Å². The second-order valence-electron chi connectivity index (χ2n) is 4.78. The van der Waals surface area contributed by atoms with Gasteiger partial charge in [0.2, 0.25) is 0 Å². The van der Waals surface area contributed by atoms with Crippen molar-refractivity contribution in [3.05, 3.63) is 51.7 Å². The van der Waals surface area contributed by atoms with Crippen molar-refractivity contribution in [3.8, 4) is 0 Å². The number of benzene rings is 1. The molecule has 0 aliphatic carbocycles. The molecule has 1 aromatic carbocycles. The average Bonchev–Trinajstić information content (AvgIpc) is 2.90. The Bertz CT molecular complexity index is 667. The first kappa shape index (κ1) is 16.6. The van der Waals surface area contributed by atoms with Crippen molar-refractivity contribution in [1.82, 2.24) is 0 Å². The summed E-state index contributed by atoms with van der Waals surface area (Å²) in [6.07, 6.45) is 0.165. The lowest BCUT2D eigenvalue weighted by atomic mass is 10.2. The minimum atomic E-state index is -0.778. The summed E-state index contributed by atoms with van der Waals surface area (Å²) >= 11 is 3.00. The highest BCUT2D eigenvalue weighted by molar-refractivity contribution is 7.98. The summed E-state index contributed by atoms with van der Waals surface area (Å²) in [5, 5.41) is 13.4. The Morgan fingerprint density at radius 2 is 2.14 bits per heavy atom. The van der Waals surface area contributed by atoms with Gasteiger partial charge in [-0.3, -0.25) is 9.59 Å². The van der Waals surface area contributed by atoms with E-state index in [2.05, 4.69) is 5.32 Å². The van der Waals surface area contributed by atoms with Gasteiger partial charge in [0, 0.05) is 17.2 Å². The van der Waals surface area contributed by atoms with Crippen molar-refractivity contribution in [2.75, 3.05) is 11.1 Å². The van der Waals surface area contributed by atoms with Gasteiger partial charge >= 0.3 is 5.97 Å². The Morgan fingerprint density at radius 3 is 2.82 bits per heavy atom. The second kappa shape index (κ2) is 8.00. The van der Waals surface area contributed by atoms with Crippen LogP contribution in [-0.2, 0) is 10.5 Å². The topological polar surface area (TPSA) is 66.4 Å². The molecule has 1 aromatic heterocycles. The van der Waals surface area contributed by atoms with E-state index in [1.165, 1.54) is 11.3 Å². The first-order valence-electron chi connectivity index (χ1n) is 6.80. The molecule has 0 aliphatic rings. The largest absolute Gasteiger partial charge is 0.481 e. The van der Waals surface area contributed by atoms with Gasteiger partial charge in [-0.25, -0.2) is 0 Å². The lowest BCUT2D eigenvalue weighted by Gasteiger charge is -2.07. The highest BCUT2D eigenvalue weighted by atomic mass is 32.2. The minimum absolute atomic E-state index is 0.0943. The van der Waals surface area contributed by atoms with Crippen LogP contribution in [0.5, 0.6) is 0 Å². The number of hydrogen-bond donors (Lipinski definition) is 2. The molecule has 0 radical (unpaired) electrons. The maximum Gasteiger partial charge on any atom is 0.304 e. The van der Waals surface area contributed by atoms with Gasteiger partial charge in [-0.2, -0.15) is 11.8 Å². The van der Waals surface area contributed by atoms with E-state index in [0.29, 0.717) is 5.75 Å². The van der Waals surface area contributed by atoms with Crippen LogP contribution in [0.15, 0.2) is 35.7 Å². The van der Waals surface area contributed by atoms with Gasteiger partial charge in [-0.1, -0.05) is 12.1 Å². The lowest BCUT2D eigenvalue weighted by molar-refractivity contribution is -0.136. The third-order valence-corrected chi connectivity index (χ3v) is 5.03. The molecule has 2 rings (SSSR count). The van der Waals surface area contributed by atoms with Crippen LogP contribution in [0, 0.1) is 6.92 Å². The minimum Gasteiger partial charge on any atom is -0.481 e. The van der Waals surface area contributed by atoms with Crippen molar-refractivity contribution in [3.63, 3.8) is 0 Å². The molecule has 22 heavy (non-hydrogen) atoms. The van der Waals surface area contributed by atoms with Crippen molar-refractivity contribution in [2.45, 2.75) is 19.1 Å². The number of aliphatic carboxylic acids is 1. The van der Waals surface area contributed by atoms with E-state index in [1.54, 1.807) is 11.8 Å². The number of hydrogen-bond acceptors (Lipinski definition) is 4. The summed E-state index contributed by atoms with van der Waals surface area (Å²) in [5.41, 5.74) is 2.80. The fraction of sp³-hybridized carbons (Fsp3) is 0.250. The van der Waals surface area contributed by atoms with E-state index >= 15 is 0 Å². The first-order chi connectivity index (χ1) is 10.6. The number of thioether (sulfide) groups is 1. The highest BCUT2D eigenvalue weighted by Crippen LogP contribution is 2.20. The summed E-state index contributed by atoms with van der Waals surface area (Å²) in [5.74, 6) is 0.443. The van der Waals surface area contributed by atoms with Crippen LogP contribution in [0.1, 0.15) is 27.2 Å². The zero-order chi connectivity index (χ0) is 15.9. The van der Waals surface area contributed by atoms with Gasteiger partial charge in [0.05, 0.1) is 11.3 Å². The molecule has 1 amide bonds. The predicted molar refractivity (Wildman–Crippen MR) is 91.9 cm³/mol. The number of carboxylic acid groups (broad SMARTS) is 1. The molecule has 0 fully saturated rings. The summed E-state index contributed by atoms with van der Waals surface area (Å²) < 4.78 is 0. The van der Waals surface area contributed by atoms with Crippen LogP contribution in [0.3, 0.4) is 0 Å². The number of carbonyl (C=O) groups excluding carboxylic acids is 1. The van der Waals surface area contributed by atoms with Crippen LogP contribution in [0.2, 0.25) is 0 Å². The van der Waals surface area contributed by atoms with E-state index in [4.69, 9.17) is 5.11 Å². The molecule has 4 nitrogen and oxygen atoms in total. The summed E-state index contributed by atoms with van der Waals surface area (Å²) in [6.45, 7) is 1.92. The third-order valence-electron chi connectivity index (χ3n) is 2.98. The molecule has 116 valence electrons. The molecule has 0 spiro atoms. The van der Waals surface area contributed by atoms with Crippen LogP contribution >= 0.6 is 23.1 Å². The number of carbonyl (C=O) groups is 2. The Kier molecular flexibility index (Phi) is 6.03. The number of carboxylic acids is 1. The fourth-order valence-corrected chi connectivity index (χ4v) is 3.58. The zero-order valence-electron chi connectivity index (χ0n) is 12.2. The van der Waals surface area contributed by atoms with E-state index in [9.17, 15) is 9.59 Å². The van der Waals surface area contributed by atoms with Gasteiger partial charge < -0.3 is 10.4 Å². The number of amides is 1. The second-order valence-corrected chi connectivity index (χ2v) is 6.80. The summed E-state index contributed by atoms with van der Waals surface area (Å²) in [4.78, 5) is 23.4. The molecule has 1 heterocycles. The van der Waals surface area contributed by atoms with Crippen molar-refractivity contribution >= 4 is 40.7 Å². The van der Waals surface area contributed by atoms with Crippen LogP contribution in [0.4, 0.5) is 5.69 Å². The highest BCUT2D eigenvalue weighted by Gasteiger charge is 2.10. The average molecular weight is 335 g/mol. The molecule has 2 aromatic rings. The number of thiophene rings is 1. The fourth-order valence-electron chi connectivity index (χ4n) is 1.88. The predicted octanol–water partition coefficient (Wildman–Crippen LogP) is 4.02. The van der Waals surface area contributed by atoms with Crippen molar-refractivity contribution in [1.29, 1.82) is 0 Å². The van der Waals surface area contributed by atoms with Gasteiger partial charge in [0.1, 0.15) is 0 Å². The number of nitrogens with one attached hydrogen (secondary N) is 1. The molecule has 0 unspecified atom stereocenters. The molecular weight excluding hydrogens is 318 g/mol. The van der Waals surface area contributed by atoms with Crippen molar-refractivity contribution < 1.29 is 14.7 Å². The SMILES string of the molecule is Cc1ccsc1C(=O)Nc1cccc(CSCCC(=O)O)c1. The first-order valence-corrected chi connectivity index (χ1v) is 8.83. The van der Waals surface area contributed by atoms with Crippen LogP contribution < -0.4 is 5.32 Å². The third kappa shape index (κ3) is 4.89. The monoisotopic (exact) mass is 335 g/mol. The maximum absolute atomic E-state index is 12.2. The molecule has 6 heteroatoms. The van der Waals surface area contributed by atoms with E-state index in [-0.39, 0.29) is 12.3 Å². The van der Waals surface area contributed by atoms with E-state index < -0.39 is 5.97 Å². The van der Waals surface area contributed by atoms with Gasteiger partial charge in [-0.05, 0) is 41.6 Å². The van der Waals surface area contributed by atoms with Crippen molar-refractivity contribution in [2.24, 2.45) is 0 Å². The lowest BCUT2D eigenvalue weighted by Crippen LogP contribution is -2.11. The standard InChI is InChI=1S/C16H17NO3S2/c1-11-5-8-22-15(11)16(20)17-13-4-2-3-12(9-13)10-21-7-6-14(18)19/h2-5,8-9H,6-7,10H2,1H3,(H,17,20)(H,18,19). The zero-order valence-corrected chi connectivity index (χ0v) is 13.8. The van der Waals surface area contributed by atoms with Crippen LogP contribution in [0.25, 0.3) is 0 Å². The van der Waals surface area contributed by atoms with Gasteiger partial charge in [0.25, 0.3) is 5.91 Å². The molecule has 2 N–H and O–H groups in total. The Labute approximate surface area is 137 Å². The molecular formula is C16H17NO3S2. The molecule has 0 bridgehead atoms. The molecule has 0 saturated heterocycles. The molecule has 0 atom stereocenters. The Hall–Kier alpha value is -1.79. The Balaban J connectivity index is 1.92. The van der Waals surface area contributed by atoms with E-state index in [0.717, 1.165) is 27.4 Å². The maximum atomic E-state index is 12.2. The number of rotatable bonds is 7. The Morgan fingerprint density at radius 1 is 1.32 bits per heavy atom. The normalized spacial score (nSPS) is 10.4. The summed E-state index contributed by atoms with van der Waals surface area (Å²) in [7, 11) is 0. The smallest absolute Gasteiger partial charge is 0.304 e. The summed E-state index contributed by atoms with van der Waals surface area (Å²) in [6, 6.07) is 9.57. The molecule has 0 saturated carbocycles. The number of anilines is 1. The van der Waals surface area contributed by atoms with Gasteiger partial charge in [-0.15, -0.1) is 11.3 Å². The van der Waals surface area contributed by atoms with Gasteiger partial charge in [0.15, 0.2) is 0 Å². The molecule has 0 aliphatic heterocycles.